The molecular formula is C27H37N3O2. The lowest BCUT2D eigenvalue weighted by Gasteiger charge is -2.33. The number of likely N-dealkylation sites (tertiary alicyclic amines) is 1. The number of aromatic nitrogens is 2. The number of fused-ring (bicyclic) bond motifs is 1. The molecule has 1 fully saturated rings. The van der Waals surface area contributed by atoms with Crippen molar-refractivity contribution < 1.29 is 9.53 Å². The molecule has 4 rings (SSSR count). The van der Waals surface area contributed by atoms with Crippen molar-refractivity contribution in [1.29, 1.82) is 0 Å². The number of H-pyrrole nitrogens is 1. The Morgan fingerprint density at radius 1 is 1.16 bits per heavy atom. The van der Waals surface area contributed by atoms with Crippen molar-refractivity contribution in [2.24, 2.45) is 5.92 Å². The zero-order valence-corrected chi connectivity index (χ0v) is 20.4. The van der Waals surface area contributed by atoms with E-state index in [-0.39, 0.29) is 6.09 Å². The van der Waals surface area contributed by atoms with Gasteiger partial charge in [0.1, 0.15) is 11.2 Å². The van der Waals surface area contributed by atoms with Gasteiger partial charge in [0.25, 0.3) is 0 Å². The van der Waals surface area contributed by atoms with Gasteiger partial charge < -0.3 is 14.6 Å². The smallest absolute Gasteiger partial charge is 0.410 e. The number of nitrogens with one attached hydrogen (secondary N) is 1. The van der Waals surface area contributed by atoms with Crippen LogP contribution in [0, 0.1) is 12.8 Å². The fourth-order valence-electron chi connectivity index (χ4n) is 4.15. The van der Waals surface area contributed by atoms with Crippen LogP contribution in [0.25, 0.3) is 22.2 Å². The monoisotopic (exact) mass is 435 g/mol. The van der Waals surface area contributed by atoms with E-state index in [1.165, 1.54) is 22.1 Å². The molecule has 1 N–H and O–H groups in total. The second kappa shape index (κ2) is 10.2. The van der Waals surface area contributed by atoms with Crippen LogP contribution in [-0.4, -0.2) is 39.7 Å². The summed E-state index contributed by atoms with van der Waals surface area (Å²) in [5, 5.41) is 1.17. The first-order valence-electron chi connectivity index (χ1n) is 11.8. The number of carbonyl (C=O) groups excluding carboxylic acids is 1. The maximum atomic E-state index is 12.3. The van der Waals surface area contributed by atoms with Crippen LogP contribution < -0.4 is 0 Å². The third kappa shape index (κ3) is 5.90. The number of hydrogen-bond donors (Lipinski definition) is 1. The van der Waals surface area contributed by atoms with Crippen LogP contribution in [-0.2, 0) is 11.2 Å². The highest BCUT2D eigenvalue weighted by molar-refractivity contribution is 5.84. The molecule has 0 radical (unpaired) electrons. The maximum absolute atomic E-state index is 12.3. The Morgan fingerprint density at radius 3 is 2.56 bits per heavy atom. The topological polar surface area (TPSA) is 58.2 Å². The number of carbonyl (C=O) groups is 1. The highest BCUT2D eigenvalue weighted by Crippen LogP contribution is 2.28. The Hall–Kier alpha value is -2.82. The molecule has 1 aliphatic heterocycles. The molecule has 0 bridgehead atoms. The van der Waals surface area contributed by atoms with Gasteiger partial charge in [-0.25, -0.2) is 9.78 Å². The number of rotatable bonds is 3. The fourth-order valence-corrected chi connectivity index (χ4v) is 4.15. The molecule has 5 nitrogen and oxygen atoms in total. The van der Waals surface area contributed by atoms with E-state index in [0.29, 0.717) is 5.92 Å². The molecule has 172 valence electrons. The van der Waals surface area contributed by atoms with Gasteiger partial charge in [-0.05, 0) is 75.6 Å². The molecule has 2 aromatic heterocycles. The summed E-state index contributed by atoms with van der Waals surface area (Å²) in [6.07, 6.45) is 6.82. The Balaban J connectivity index is 0.00000141. The number of hydrogen-bond acceptors (Lipinski definition) is 3. The third-order valence-corrected chi connectivity index (χ3v) is 5.79. The zero-order chi connectivity index (χ0) is 23.3. The predicted octanol–water partition coefficient (Wildman–Crippen LogP) is 6.75. The summed E-state index contributed by atoms with van der Waals surface area (Å²) >= 11 is 0. The van der Waals surface area contributed by atoms with E-state index < -0.39 is 5.60 Å². The summed E-state index contributed by atoms with van der Waals surface area (Å²) < 4.78 is 5.51. The van der Waals surface area contributed by atoms with E-state index in [4.69, 9.17) is 4.74 Å². The zero-order valence-electron chi connectivity index (χ0n) is 20.4. The second-order valence-corrected chi connectivity index (χ2v) is 9.41. The number of nitrogens with zero attached hydrogens (tertiary/aromatic N) is 2. The van der Waals surface area contributed by atoms with Crippen molar-refractivity contribution in [2.75, 3.05) is 13.1 Å². The summed E-state index contributed by atoms with van der Waals surface area (Å²) in [5.74, 6) is 0.589. The number of benzene rings is 1. The molecule has 3 aromatic rings. The number of pyridine rings is 1. The highest BCUT2D eigenvalue weighted by Gasteiger charge is 2.26. The third-order valence-electron chi connectivity index (χ3n) is 5.79. The molecule has 1 aromatic carbocycles. The van der Waals surface area contributed by atoms with Crippen LogP contribution >= 0.6 is 0 Å². The lowest BCUT2D eigenvalue weighted by Crippen LogP contribution is -2.42. The average Bonchev–Trinajstić information content (AvgIpc) is 3.15. The van der Waals surface area contributed by atoms with Gasteiger partial charge >= 0.3 is 6.09 Å². The molecule has 0 spiro atoms. The molecule has 0 saturated carbocycles. The number of aromatic amines is 1. The molecular weight excluding hydrogens is 398 g/mol. The minimum Gasteiger partial charge on any atom is -0.444 e. The highest BCUT2D eigenvalue weighted by atomic mass is 16.6. The van der Waals surface area contributed by atoms with Gasteiger partial charge in [0.2, 0.25) is 0 Å². The van der Waals surface area contributed by atoms with Gasteiger partial charge in [0.05, 0.1) is 0 Å². The van der Waals surface area contributed by atoms with Gasteiger partial charge in [-0.15, -0.1) is 0 Å². The Kier molecular flexibility index (Phi) is 7.60. The van der Waals surface area contributed by atoms with E-state index in [1.54, 1.807) is 0 Å². The average molecular weight is 436 g/mol. The molecule has 1 aliphatic rings. The van der Waals surface area contributed by atoms with Crippen molar-refractivity contribution in [3.8, 4) is 11.1 Å². The minimum atomic E-state index is -0.439. The molecule has 1 amide bonds. The Morgan fingerprint density at radius 2 is 1.88 bits per heavy atom. The van der Waals surface area contributed by atoms with Gasteiger partial charge in [-0.2, -0.15) is 0 Å². The number of ether oxygens (including phenoxy) is 1. The van der Waals surface area contributed by atoms with Gasteiger partial charge in [-0.3, -0.25) is 0 Å². The van der Waals surface area contributed by atoms with E-state index in [9.17, 15) is 4.79 Å². The summed E-state index contributed by atoms with van der Waals surface area (Å²) in [6, 6.07) is 11.0. The maximum Gasteiger partial charge on any atom is 0.410 e. The van der Waals surface area contributed by atoms with E-state index in [1.807, 2.05) is 51.9 Å². The minimum absolute atomic E-state index is 0.189. The molecule has 0 atom stereocenters. The normalized spacial score (nSPS) is 14.8. The van der Waals surface area contributed by atoms with Crippen LogP contribution in [0.1, 0.15) is 58.6 Å². The van der Waals surface area contributed by atoms with Crippen molar-refractivity contribution in [2.45, 2.75) is 66.4 Å². The number of amides is 1. The molecule has 32 heavy (non-hydrogen) atoms. The van der Waals surface area contributed by atoms with Crippen LogP contribution in [0.3, 0.4) is 0 Å². The first-order valence-corrected chi connectivity index (χ1v) is 11.8. The second-order valence-electron chi connectivity index (χ2n) is 9.41. The molecule has 1 saturated heterocycles. The van der Waals surface area contributed by atoms with E-state index in [0.717, 1.165) is 43.6 Å². The summed E-state index contributed by atoms with van der Waals surface area (Å²) in [5.41, 5.74) is 5.40. The lowest BCUT2D eigenvalue weighted by atomic mass is 9.89. The van der Waals surface area contributed by atoms with Crippen LogP contribution in [0.15, 0.2) is 42.7 Å². The van der Waals surface area contributed by atoms with Crippen molar-refractivity contribution in [3.05, 3.63) is 53.9 Å². The van der Waals surface area contributed by atoms with E-state index >= 15 is 0 Å². The van der Waals surface area contributed by atoms with Gasteiger partial charge in [0, 0.05) is 36.4 Å². The number of aryl methyl sites for hydroxylation is 1. The largest absolute Gasteiger partial charge is 0.444 e. The first-order chi connectivity index (χ1) is 15.3. The quantitative estimate of drug-likeness (QED) is 0.495. The fraction of sp³-hybridized carbons (Fsp3) is 0.481. The summed E-state index contributed by atoms with van der Waals surface area (Å²) in [4.78, 5) is 21.9. The van der Waals surface area contributed by atoms with E-state index in [2.05, 4.69) is 47.2 Å². The number of piperidine rings is 1. The first kappa shape index (κ1) is 23.8. The standard InChI is InChI=1S/C25H31N3O2.C2H6/c1-17-15-26-23-22(17)14-21(16-27-23)20-7-5-6-19(13-20)12-18-8-10-28(11-9-18)24(29)30-25(2,3)4;1-2/h5-7,13-16,18H,8-12H2,1-4H3,(H,26,27);1-2H3. The van der Waals surface area contributed by atoms with Crippen LogP contribution in [0.2, 0.25) is 0 Å². The Bertz CT molecular complexity index is 1040. The molecule has 5 heteroatoms. The van der Waals surface area contributed by atoms with Crippen molar-refractivity contribution in [3.63, 3.8) is 0 Å². The van der Waals surface area contributed by atoms with Crippen molar-refractivity contribution >= 4 is 17.1 Å². The summed E-state index contributed by atoms with van der Waals surface area (Å²) in [7, 11) is 0. The predicted molar refractivity (Wildman–Crippen MR) is 132 cm³/mol. The van der Waals surface area contributed by atoms with Gasteiger partial charge in [0.15, 0.2) is 0 Å². The van der Waals surface area contributed by atoms with Gasteiger partial charge in [-0.1, -0.05) is 38.1 Å². The summed E-state index contributed by atoms with van der Waals surface area (Å²) in [6.45, 7) is 13.4. The molecule has 3 heterocycles. The lowest BCUT2D eigenvalue weighted by molar-refractivity contribution is 0.0184. The van der Waals surface area contributed by atoms with Crippen molar-refractivity contribution in [1.82, 2.24) is 14.9 Å². The van der Waals surface area contributed by atoms with Crippen LogP contribution in [0.4, 0.5) is 4.79 Å². The Labute approximate surface area is 192 Å². The molecule has 0 unspecified atom stereocenters. The molecule has 0 aliphatic carbocycles. The van der Waals surface area contributed by atoms with Crippen LogP contribution in [0.5, 0.6) is 0 Å². The SMILES string of the molecule is CC.Cc1c[nH]c2ncc(-c3cccc(CC4CCN(C(=O)OC(C)(C)C)CC4)c3)cc12.